The molecule has 1 atom stereocenters. The van der Waals surface area contributed by atoms with Crippen LogP contribution in [0.15, 0.2) is 46.9 Å². The van der Waals surface area contributed by atoms with Gasteiger partial charge in [-0.25, -0.2) is 9.69 Å². The molecule has 1 N–H and O–H groups in total. The second-order valence-corrected chi connectivity index (χ2v) is 6.85. The molecule has 23 heavy (non-hydrogen) atoms. The van der Waals surface area contributed by atoms with Crippen LogP contribution < -0.4 is 10.2 Å². The molecular weight excluding hydrogens is 380 g/mol. The molecule has 0 radical (unpaired) electrons. The Labute approximate surface area is 147 Å². The molecule has 0 aliphatic carbocycles. The summed E-state index contributed by atoms with van der Waals surface area (Å²) in [5, 5.41) is 3.23. The van der Waals surface area contributed by atoms with E-state index >= 15 is 0 Å². The van der Waals surface area contributed by atoms with Crippen molar-refractivity contribution in [2.75, 3.05) is 4.90 Å². The monoisotopic (exact) mass is 392 g/mol. The number of amides is 3. The van der Waals surface area contributed by atoms with E-state index in [1.54, 1.807) is 18.2 Å². The Kier molecular flexibility index (Phi) is 4.41. The maximum Gasteiger partial charge on any atom is 0.329 e. The first kappa shape index (κ1) is 16.0. The van der Waals surface area contributed by atoms with Gasteiger partial charge in [0.2, 0.25) is 0 Å². The molecule has 1 saturated heterocycles. The van der Waals surface area contributed by atoms with Gasteiger partial charge in [-0.15, -0.1) is 0 Å². The molecule has 1 aliphatic heterocycles. The Morgan fingerprint density at radius 1 is 1.17 bits per heavy atom. The number of benzene rings is 2. The lowest BCUT2D eigenvalue weighted by molar-refractivity contribution is -0.118. The highest BCUT2D eigenvalue weighted by molar-refractivity contribution is 9.10. The zero-order chi connectivity index (χ0) is 16.6. The van der Waals surface area contributed by atoms with E-state index in [0.717, 1.165) is 20.5 Å². The van der Waals surface area contributed by atoms with E-state index in [-0.39, 0.29) is 5.91 Å². The molecule has 1 fully saturated rings. The molecule has 3 rings (SSSR count). The Bertz CT molecular complexity index is 756. The van der Waals surface area contributed by atoms with Gasteiger partial charge in [-0.3, -0.25) is 4.79 Å². The SMILES string of the molecule is Cc1cc(Cl)cc(N2C(=O)NC(Cc3ccc(Br)cc3)C2=O)c1. The van der Waals surface area contributed by atoms with Gasteiger partial charge in [0.1, 0.15) is 6.04 Å². The van der Waals surface area contributed by atoms with E-state index in [4.69, 9.17) is 11.6 Å². The van der Waals surface area contributed by atoms with Crippen molar-refractivity contribution in [3.8, 4) is 0 Å². The zero-order valence-corrected chi connectivity index (χ0v) is 14.7. The normalized spacial score (nSPS) is 17.5. The van der Waals surface area contributed by atoms with Gasteiger partial charge in [0, 0.05) is 15.9 Å². The molecule has 4 nitrogen and oxygen atoms in total. The maximum atomic E-state index is 12.6. The third kappa shape index (κ3) is 3.41. The number of carbonyl (C=O) groups is 2. The van der Waals surface area contributed by atoms with Crippen LogP contribution in [0.25, 0.3) is 0 Å². The molecule has 1 aliphatic rings. The van der Waals surface area contributed by atoms with Gasteiger partial charge in [0.25, 0.3) is 5.91 Å². The Balaban J connectivity index is 1.83. The lowest BCUT2D eigenvalue weighted by atomic mass is 10.1. The molecule has 2 aromatic carbocycles. The van der Waals surface area contributed by atoms with Crippen LogP contribution >= 0.6 is 27.5 Å². The average molecular weight is 394 g/mol. The predicted octanol–water partition coefficient (Wildman–Crippen LogP) is 4.08. The molecule has 2 aromatic rings. The number of carbonyl (C=O) groups excluding carboxylic acids is 2. The Hall–Kier alpha value is -1.85. The summed E-state index contributed by atoms with van der Waals surface area (Å²) in [5.41, 5.74) is 2.37. The van der Waals surface area contributed by atoms with E-state index in [0.29, 0.717) is 17.1 Å². The fraction of sp³-hybridized carbons (Fsp3) is 0.176. The first-order valence-electron chi connectivity index (χ1n) is 7.10. The van der Waals surface area contributed by atoms with Gasteiger partial charge >= 0.3 is 6.03 Å². The topological polar surface area (TPSA) is 49.4 Å². The van der Waals surface area contributed by atoms with E-state index < -0.39 is 12.1 Å². The maximum absolute atomic E-state index is 12.6. The van der Waals surface area contributed by atoms with Crippen molar-refractivity contribution in [3.63, 3.8) is 0 Å². The molecule has 0 bridgehead atoms. The van der Waals surface area contributed by atoms with E-state index in [1.807, 2.05) is 31.2 Å². The number of nitrogens with one attached hydrogen (secondary N) is 1. The van der Waals surface area contributed by atoms with Crippen LogP contribution in [0.2, 0.25) is 5.02 Å². The fourth-order valence-corrected chi connectivity index (χ4v) is 3.16. The highest BCUT2D eigenvalue weighted by Crippen LogP contribution is 2.26. The second kappa shape index (κ2) is 6.34. The number of rotatable bonds is 3. The Morgan fingerprint density at radius 3 is 2.52 bits per heavy atom. The van der Waals surface area contributed by atoms with Crippen molar-refractivity contribution >= 4 is 45.2 Å². The van der Waals surface area contributed by atoms with Crippen molar-refractivity contribution in [3.05, 3.63) is 63.1 Å². The summed E-state index contributed by atoms with van der Waals surface area (Å²) in [6, 6.07) is 11.9. The summed E-state index contributed by atoms with van der Waals surface area (Å²) in [6.45, 7) is 1.87. The summed E-state index contributed by atoms with van der Waals surface area (Å²) in [5.74, 6) is -0.264. The molecule has 3 amide bonds. The molecule has 0 saturated carbocycles. The number of nitrogens with zero attached hydrogens (tertiary/aromatic N) is 1. The minimum Gasteiger partial charge on any atom is -0.325 e. The van der Waals surface area contributed by atoms with Gasteiger partial charge in [-0.1, -0.05) is 39.7 Å². The van der Waals surface area contributed by atoms with E-state index in [2.05, 4.69) is 21.2 Å². The lowest BCUT2D eigenvalue weighted by Gasteiger charge is -2.14. The van der Waals surface area contributed by atoms with Gasteiger partial charge in [0.05, 0.1) is 5.69 Å². The van der Waals surface area contributed by atoms with Crippen molar-refractivity contribution < 1.29 is 9.59 Å². The number of halogens is 2. The molecule has 0 aromatic heterocycles. The zero-order valence-electron chi connectivity index (χ0n) is 12.3. The van der Waals surface area contributed by atoms with Crippen molar-refractivity contribution in [1.82, 2.24) is 5.32 Å². The third-order valence-electron chi connectivity index (χ3n) is 3.66. The van der Waals surface area contributed by atoms with Crippen molar-refractivity contribution in [2.45, 2.75) is 19.4 Å². The standard InChI is InChI=1S/C17H14BrClN2O2/c1-10-6-13(19)9-14(7-10)21-16(22)15(20-17(21)23)8-11-2-4-12(18)5-3-11/h2-7,9,15H,8H2,1H3,(H,20,23). The number of aryl methyl sites for hydroxylation is 1. The van der Waals surface area contributed by atoms with Crippen LogP contribution in [-0.4, -0.2) is 18.0 Å². The van der Waals surface area contributed by atoms with Gasteiger partial charge in [-0.05, 0) is 48.4 Å². The number of hydrogen-bond acceptors (Lipinski definition) is 2. The van der Waals surface area contributed by atoms with Crippen LogP contribution in [0.5, 0.6) is 0 Å². The minimum atomic E-state index is -0.567. The molecule has 1 heterocycles. The van der Waals surface area contributed by atoms with E-state index in [9.17, 15) is 9.59 Å². The second-order valence-electron chi connectivity index (χ2n) is 5.49. The van der Waals surface area contributed by atoms with Gasteiger partial charge in [0.15, 0.2) is 0 Å². The lowest BCUT2D eigenvalue weighted by Crippen LogP contribution is -2.32. The molecule has 1 unspecified atom stereocenters. The van der Waals surface area contributed by atoms with Crippen molar-refractivity contribution in [1.29, 1.82) is 0 Å². The van der Waals surface area contributed by atoms with Crippen LogP contribution in [0.3, 0.4) is 0 Å². The highest BCUT2D eigenvalue weighted by atomic mass is 79.9. The average Bonchev–Trinajstić information content (AvgIpc) is 2.75. The smallest absolute Gasteiger partial charge is 0.325 e. The number of urea groups is 1. The largest absolute Gasteiger partial charge is 0.329 e. The quantitative estimate of drug-likeness (QED) is 0.799. The predicted molar refractivity (Wildman–Crippen MR) is 93.8 cm³/mol. The summed E-state index contributed by atoms with van der Waals surface area (Å²) in [6.07, 6.45) is 0.452. The summed E-state index contributed by atoms with van der Waals surface area (Å²) in [7, 11) is 0. The van der Waals surface area contributed by atoms with Crippen LogP contribution in [0, 0.1) is 6.92 Å². The minimum absolute atomic E-state index is 0.264. The third-order valence-corrected chi connectivity index (χ3v) is 4.40. The Morgan fingerprint density at radius 2 is 1.87 bits per heavy atom. The number of imide groups is 1. The fourth-order valence-electron chi connectivity index (χ4n) is 2.62. The van der Waals surface area contributed by atoms with Crippen LogP contribution in [0.4, 0.5) is 10.5 Å². The summed E-state index contributed by atoms with van der Waals surface area (Å²) in [4.78, 5) is 26.0. The molecule has 6 heteroatoms. The van der Waals surface area contributed by atoms with Crippen LogP contribution in [-0.2, 0) is 11.2 Å². The molecular formula is C17H14BrClN2O2. The first-order valence-corrected chi connectivity index (χ1v) is 8.27. The highest BCUT2D eigenvalue weighted by Gasteiger charge is 2.39. The van der Waals surface area contributed by atoms with E-state index in [1.165, 1.54) is 0 Å². The van der Waals surface area contributed by atoms with Gasteiger partial charge < -0.3 is 5.32 Å². The molecule has 118 valence electrons. The summed E-state index contributed by atoms with van der Waals surface area (Å²) < 4.78 is 0.971. The van der Waals surface area contributed by atoms with Crippen LogP contribution in [0.1, 0.15) is 11.1 Å². The number of anilines is 1. The summed E-state index contributed by atoms with van der Waals surface area (Å²) >= 11 is 9.41. The van der Waals surface area contributed by atoms with Gasteiger partial charge in [-0.2, -0.15) is 0 Å². The molecule has 0 spiro atoms. The van der Waals surface area contributed by atoms with Crippen molar-refractivity contribution in [2.24, 2.45) is 0 Å². The first-order chi connectivity index (χ1) is 10.9. The number of hydrogen-bond donors (Lipinski definition) is 1.